The summed E-state index contributed by atoms with van der Waals surface area (Å²) in [7, 11) is 2.21. The maximum Gasteiger partial charge on any atom is 0.143 e. The minimum Gasteiger partial charge on any atom is -0.482 e. The van der Waals surface area contributed by atoms with Crippen LogP contribution in [0.4, 0.5) is 5.69 Å². The molecule has 1 aromatic carbocycles. The largest absolute Gasteiger partial charge is 0.482 e. The van der Waals surface area contributed by atoms with Crippen LogP contribution in [0.25, 0.3) is 0 Å². The molecule has 0 aromatic heterocycles. The average Bonchev–Trinajstić information content (AvgIpc) is 2.60. The zero-order valence-electron chi connectivity index (χ0n) is 15.9. The van der Waals surface area contributed by atoms with Crippen LogP contribution in [0.3, 0.4) is 0 Å². The number of rotatable bonds is 1. The first-order valence-electron chi connectivity index (χ1n) is 10.5. The lowest BCUT2D eigenvalue weighted by Crippen LogP contribution is -2.50. The van der Waals surface area contributed by atoms with E-state index in [0.29, 0.717) is 11.5 Å². The van der Waals surface area contributed by atoms with Crippen LogP contribution in [0.15, 0.2) is 42.0 Å². The molecule has 6 aliphatic rings. The molecule has 0 N–H and O–H groups in total. The van der Waals surface area contributed by atoms with Gasteiger partial charge in [-0.15, -0.1) is 0 Å². The van der Waals surface area contributed by atoms with E-state index in [1.807, 2.05) is 0 Å². The molecular weight excluding hydrogens is 318 g/mol. The zero-order valence-corrected chi connectivity index (χ0v) is 15.9. The van der Waals surface area contributed by atoms with E-state index >= 15 is 0 Å². The van der Waals surface area contributed by atoms with Crippen LogP contribution in [0, 0.1) is 30.1 Å². The van der Waals surface area contributed by atoms with Crippen molar-refractivity contribution < 1.29 is 4.74 Å². The van der Waals surface area contributed by atoms with Gasteiger partial charge in [0.1, 0.15) is 11.9 Å². The summed E-state index contributed by atoms with van der Waals surface area (Å²) in [5.41, 5.74) is 4.55. The summed E-state index contributed by atoms with van der Waals surface area (Å²) in [6.45, 7) is 2.15. The summed E-state index contributed by atoms with van der Waals surface area (Å²) in [5.74, 6) is 4.02. The lowest BCUT2D eigenvalue weighted by molar-refractivity contribution is -0.0294. The van der Waals surface area contributed by atoms with Crippen molar-refractivity contribution in [2.45, 2.75) is 57.6 Å². The monoisotopic (exact) mass is 347 g/mol. The Labute approximate surface area is 156 Å². The maximum absolute atomic E-state index is 6.51. The van der Waals surface area contributed by atoms with Gasteiger partial charge in [0.05, 0.1) is 11.7 Å². The third-order valence-electron chi connectivity index (χ3n) is 8.01. The van der Waals surface area contributed by atoms with Crippen molar-refractivity contribution in [3.63, 3.8) is 0 Å². The van der Waals surface area contributed by atoms with E-state index in [-0.39, 0.29) is 6.10 Å². The lowest BCUT2D eigenvalue weighted by Gasteiger charge is -2.58. The summed E-state index contributed by atoms with van der Waals surface area (Å²) in [6.07, 6.45) is 16.3. The molecule has 1 aliphatic heterocycles. The van der Waals surface area contributed by atoms with E-state index in [2.05, 4.69) is 55.3 Å². The molecule has 2 heteroatoms. The quantitative estimate of drug-likeness (QED) is 0.686. The molecule has 2 unspecified atom stereocenters. The lowest BCUT2D eigenvalue weighted by atomic mass is 9.47. The zero-order chi connectivity index (χ0) is 17.5. The topological polar surface area (TPSA) is 12.5 Å². The van der Waals surface area contributed by atoms with Crippen LogP contribution in [0.5, 0.6) is 5.75 Å². The third-order valence-corrected chi connectivity index (χ3v) is 8.01. The van der Waals surface area contributed by atoms with E-state index in [1.165, 1.54) is 49.8 Å². The number of allylic oxidation sites excluding steroid dienone is 2. The molecule has 1 heterocycles. The third kappa shape index (κ3) is 2.11. The van der Waals surface area contributed by atoms with Gasteiger partial charge in [-0.05, 0) is 98.0 Å². The van der Waals surface area contributed by atoms with Crippen LogP contribution >= 0.6 is 0 Å². The van der Waals surface area contributed by atoms with E-state index in [4.69, 9.17) is 4.74 Å². The smallest absolute Gasteiger partial charge is 0.143 e. The first-order chi connectivity index (χ1) is 12.6. The predicted molar refractivity (Wildman–Crippen MR) is 106 cm³/mol. The highest BCUT2D eigenvalue weighted by atomic mass is 16.5. The Hall–Kier alpha value is -1.70. The van der Waals surface area contributed by atoms with Crippen molar-refractivity contribution in [2.24, 2.45) is 23.2 Å². The van der Waals surface area contributed by atoms with E-state index < -0.39 is 0 Å². The van der Waals surface area contributed by atoms with Gasteiger partial charge < -0.3 is 9.64 Å². The Morgan fingerprint density at radius 1 is 1.04 bits per heavy atom. The summed E-state index contributed by atoms with van der Waals surface area (Å²) < 4.78 is 6.51. The number of hydrogen-bond donors (Lipinski definition) is 0. The first-order valence-corrected chi connectivity index (χ1v) is 10.5. The van der Waals surface area contributed by atoms with Crippen LogP contribution in [0.2, 0.25) is 0 Å². The van der Waals surface area contributed by atoms with Crippen molar-refractivity contribution in [2.75, 3.05) is 11.9 Å². The van der Waals surface area contributed by atoms with Gasteiger partial charge in [0.2, 0.25) is 0 Å². The highest BCUT2D eigenvalue weighted by molar-refractivity contribution is 5.63. The number of hydrogen-bond acceptors (Lipinski definition) is 2. The van der Waals surface area contributed by atoms with E-state index in [0.717, 1.165) is 23.5 Å². The fourth-order valence-electron chi connectivity index (χ4n) is 7.23. The Balaban J connectivity index is 1.36. The molecule has 4 fully saturated rings. The summed E-state index contributed by atoms with van der Waals surface area (Å²) in [5, 5.41) is 0. The van der Waals surface area contributed by atoms with Gasteiger partial charge in [0.25, 0.3) is 0 Å². The van der Waals surface area contributed by atoms with Crippen molar-refractivity contribution >= 4 is 5.69 Å². The summed E-state index contributed by atoms with van der Waals surface area (Å²) in [4.78, 5) is 2.40. The summed E-state index contributed by atoms with van der Waals surface area (Å²) in [6, 6.07) is 6.90. The van der Waals surface area contributed by atoms with Crippen molar-refractivity contribution in [3.8, 4) is 5.75 Å². The molecule has 0 amide bonds. The normalized spacial score (nSPS) is 42.2. The van der Waals surface area contributed by atoms with Gasteiger partial charge >= 0.3 is 0 Å². The predicted octanol–water partition coefficient (Wildman–Crippen LogP) is 5.27. The molecule has 2 atom stereocenters. The number of likely N-dealkylation sites (N-methyl/N-ethyl adjacent to an activating group) is 1. The van der Waals surface area contributed by atoms with Crippen LogP contribution in [0.1, 0.15) is 44.1 Å². The molecule has 0 spiro atoms. The van der Waals surface area contributed by atoms with Gasteiger partial charge in [0.15, 0.2) is 0 Å². The number of fused-ring (bicyclic) bond motifs is 2. The first kappa shape index (κ1) is 15.4. The summed E-state index contributed by atoms with van der Waals surface area (Å²) >= 11 is 0. The fraction of sp³-hybridized carbons (Fsp3) is 0.583. The molecule has 7 rings (SSSR count). The molecule has 0 radical (unpaired) electrons. The second kappa shape index (κ2) is 5.18. The molecule has 4 bridgehead atoms. The van der Waals surface area contributed by atoms with Gasteiger partial charge in [-0.2, -0.15) is 0 Å². The van der Waals surface area contributed by atoms with Crippen LogP contribution < -0.4 is 9.64 Å². The van der Waals surface area contributed by atoms with Crippen LogP contribution in [-0.4, -0.2) is 19.2 Å². The Kier molecular flexibility index (Phi) is 3.06. The Morgan fingerprint density at radius 2 is 1.73 bits per heavy atom. The van der Waals surface area contributed by atoms with Crippen molar-refractivity contribution in [1.82, 2.24) is 0 Å². The molecular formula is C24H29NO. The number of aryl methyl sites for hydroxylation is 1. The fourth-order valence-corrected chi connectivity index (χ4v) is 7.23. The second-order valence-electron chi connectivity index (χ2n) is 9.83. The number of benzene rings is 1. The molecule has 0 saturated heterocycles. The average molecular weight is 348 g/mol. The van der Waals surface area contributed by atoms with E-state index in [9.17, 15) is 0 Å². The van der Waals surface area contributed by atoms with Gasteiger partial charge in [0, 0.05) is 7.05 Å². The molecule has 136 valence electrons. The molecule has 4 saturated carbocycles. The standard InChI is InChI=1S/C24H29NO/c1-15-3-5-20-22(7-15)26-23-11-19(4-6-21(23)25(20)2)24-12-16-8-17(13-24)10-18(9-16)14-24/h3-7,11,16-18,21,23H,8-10,12-14H2,1-2H3. The van der Waals surface area contributed by atoms with Crippen molar-refractivity contribution in [1.29, 1.82) is 0 Å². The minimum atomic E-state index is 0.155. The van der Waals surface area contributed by atoms with Crippen LogP contribution in [-0.2, 0) is 0 Å². The Bertz CT molecular complexity index is 784. The Morgan fingerprint density at radius 3 is 2.42 bits per heavy atom. The molecule has 26 heavy (non-hydrogen) atoms. The van der Waals surface area contributed by atoms with Gasteiger partial charge in [-0.1, -0.05) is 18.2 Å². The highest BCUT2D eigenvalue weighted by Gasteiger charge is 2.52. The maximum atomic E-state index is 6.51. The number of anilines is 1. The second-order valence-corrected chi connectivity index (χ2v) is 9.83. The van der Waals surface area contributed by atoms with E-state index in [1.54, 1.807) is 5.57 Å². The van der Waals surface area contributed by atoms with Gasteiger partial charge in [-0.3, -0.25) is 0 Å². The minimum absolute atomic E-state index is 0.155. The molecule has 5 aliphatic carbocycles. The number of ether oxygens (including phenoxy) is 1. The highest BCUT2D eigenvalue weighted by Crippen LogP contribution is 2.63. The van der Waals surface area contributed by atoms with Crippen molar-refractivity contribution in [3.05, 3.63) is 47.6 Å². The van der Waals surface area contributed by atoms with Gasteiger partial charge in [-0.25, -0.2) is 0 Å². The number of nitrogens with zero attached hydrogens (tertiary/aromatic N) is 1. The molecule has 2 nitrogen and oxygen atoms in total. The SMILES string of the molecule is Cc1ccc2c(c1)OC1C=C(C34CC5CC(CC(C5)C3)C4)C=CC1N2C. The molecule has 1 aromatic rings.